The van der Waals surface area contributed by atoms with Gasteiger partial charge in [0.25, 0.3) is 11.8 Å². The minimum Gasteiger partial charge on any atom is -0.321 e. The number of likely N-dealkylation sites (tertiary alicyclic amines) is 2. The molecule has 0 spiro atoms. The highest BCUT2D eigenvalue weighted by Gasteiger charge is 2.34. The highest BCUT2D eigenvalue weighted by atomic mass is 19.3. The van der Waals surface area contributed by atoms with Crippen LogP contribution in [0.5, 0.6) is 0 Å². The molecule has 3 aromatic rings. The van der Waals surface area contributed by atoms with Crippen molar-refractivity contribution >= 4 is 17.3 Å². The molecule has 6 nitrogen and oxygen atoms in total. The number of nitrogens with zero attached hydrogens (tertiary/aromatic N) is 4. The van der Waals surface area contributed by atoms with E-state index in [1.165, 1.54) is 24.0 Å². The zero-order valence-electron chi connectivity index (χ0n) is 23.8. The molecule has 2 saturated heterocycles. The third-order valence-corrected chi connectivity index (χ3v) is 8.61. The molecule has 1 amide bonds. The van der Waals surface area contributed by atoms with Crippen LogP contribution < -0.4 is 5.32 Å². The second kappa shape index (κ2) is 11.4. The number of carbonyl (C=O) groups is 1. The van der Waals surface area contributed by atoms with Crippen molar-refractivity contribution in [1.82, 2.24) is 14.8 Å². The van der Waals surface area contributed by atoms with Crippen LogP contribution in [0.2, 0.25) is 0 Å². The molecule has 1 aromatic heterocycles. The number of halogens is 2. The molecule has 0 saturated carbocycles. The Balaban J connectivity index is 1.17. The van der Waals surface area contributed by atoms with Crippen LogP contribution in [0.4, 0.5) is 14.5 Å². The van der Waals surface area contributed by atoms with E-state index < -0.39 is 5.92 Å². The number of aromatic nitrogens is 1. The third-order valence-electron chi connectivity index (χ3n) is 8.61. The Morgan fingerprint density at radius 1 is 0.951 bits per heavy atom. The molecule has 214 valence electrons. The SMILES string of the molecule is Cc1cc(NC(=O)C2=N[C@@H](C)c3ccc(-c4cncc(CN5CCC(F)(F)CC5)c4)cc32)ccc1CN1CCCC1. The van der Waals surface area contributed by atoms with Gasteiger partial charge in [-0.05, 0) is 91.9 Å². The van der Waals surface area contributed by atoms with E-state index in [-0.39, 0.29) is 24.8 Å². The lowest BCUT2D eigenvalue weighted by atomic mass is 9.96. The fraction of sp³-hybridized carbons (Fsp3) is 0.424. The number of pyridine rings is 1. The number of aliphatic imine (C=N–C) groups is 1. The lowest BCUT2D eigenvalue weighted by Gasteiger charge is -2.31. The Hall–Kier alpha value is -3.49. The topological polar surface area (TPSA) is 60.8 Å². The van der Waals surface area contributed by atoms with E-state index in [0.29, 0.717) is 25.3 Å². The summed E-state index contributed by atoms with van der Waals surface area (Å²) < 4.78 is 27.1. The van der Waals surface area contributed by atoms with Crippen molar-refractivity contribution in [3.63, 3.8) is 0 Å². The van der Waals surface area contributed by atoms with E-state index in [0.717, 1.165) is 53.1 Å². The maximum absolute atomic E-state index is 13.6. The number of alkyl halides is 2. The summed E-state index contributed by atoms with van der Waals surface area (Å²) in [6.45, 7) is 8.69. The lowest BCUT2D eigenvalue weighted by Crippen LogP contribution is -2.38. The van der Waals surface area contributed by atoms with Gasteiger partial charge in [0, 0.05) is 68.2 Å². The van der Waals surface area contributed by atoms with Gasteiger partial charge in [-0.25, -0.2) is 8.78 Å². The molecule has 0 radical (unpaired) electrons. The highest BCUT2D eigenvalue weighted by Crippen LogP contribution is 2.34. The largest absolute Gasteiger partial charge is 0.321 e. The third kappa shape index (κ3) is 6.23. The van der Waals surface area contributed by atoms with Crippen LogP contribution in [0.25, 0.3) is 11.1 Å². The van der Waals surface area contributed by atoms with Gasteiger partial charge in [-0.3, -0.25) is 24.6 Å². The molecular formula is C33H37F2N5O. The summed E-state index contributed by atoms with van der Waals surface area (Å²) in [5.74, 6) is -2.77. The average Bonchev–Trinajstić information content (AvgIpc) is 3.59. The van der Waals surface area contributed by atoms with Gasteiger partial charge in [0.05, 0.1) is 6.04 Å². The summed E-state index contributed by atoms with van der Waals surface area (Å²) in [4.78, 5) is 27.1. The molecule has 3 aliphatic heterocycles. The highest BCUT2D eigenvalue weighted by molar-refractivity contribution is 6.50. The van der Waals surface area contributed by atoms with E-state index >= 15 is 0 Å². The van der Waals surface area contributed by atoms with E-state index in [1.807, 2.05) is 37.3 Å². The molecule has 2 aromatic carbocycles. The van der Waals surface area contributed by atoms with Crippen molar-refractivity contribution in [2.75, 3.05) is 31.5 Å². The van der Waals surface area contributed by atoms with Crippen molar-refractivity contribution in [3.8, 4) is 11.1 Å². The Morgan fingerprint density at radius 2 is 1.71 bits per heavy atom. The molecule has 0 bridgehead atoms. The number of carbonyl (C=O) groups excluding carboxylic acids is 1. The van der Waals surface area contributed by atoms with Gasteiger partial charge in [0.1, 0.15) is 5.71 Å². The first-order chi connectivity index (χ1) is 19.7. The predicted octanol–water partition coefficient (Wildman–Crippen LogP) is 6.39. The zero-order chi connectivity index (χ0) is 28.6. The van der Waals surface area contributed by atoms with Crippen molar-refractivity contribution in [1.29, 1.82) is 0 Å². The average molecular weight is 558 g/mol. The summed E-state index contributed by atoms with van der Waals surface area (Å²) >= 11 is 0. The number of hydrogen-bond acceptors (Lipinski definition) is 5. The van der Waals surface area contributed by atoms with Crippen LogP contribution in [0, 0.1) is 6.92 Å². The first-order valence-electron chi connectivity index (χ1n) is 14.6. The smallest absolute Gasteiger partial charge is 0.274 e. The van der Waals surface area contributed by atoms with Gasteiger partial charge in [-0.2, -0.15) is 0 Å². The second-order valence-corrected chi connectivity index (χ2v) is 11.7. The molecule has 1 N–H and O–H groups in total. The summed E-state index contributed by atoms with van der Waals surface area (Å²) in [5, 5.41) is 3.07. The van der Waals surface area contributed by atoms with Gasteiger partial charge in [-0.15, -0.1) is 0 Å². The van der Waals surface area contributed by atoms with Crippen molar-refractivity contribution < 1.29 is 13.6 Å². The monoisotopic (exact) mass is 557 g/mol. The number of fused-ring (bicyclic) bond motifs is 1. The minimum absolute atomic E-state index is 0.102. The molecule has 0 aliphatic carbocycles. The van der Waals surface area contributed by atoms with Gasteiger partial charge in [0.2, 0.25) is 0 Å². The van der Waals surface area contributed by atoms with Gasteiger partial charge < -0.3 is 5.32 Å². The Kier molecular flexibility index (Phi) is 7.70. The molecule has 3 aliphatic rings. The summed E-state index contributed by atoms with van der Waals surface area (Å²) in [6.07, 6.45) is 5.93. The van der Waals surface area contributed by atoms with Gasteiger partial charge in [0.15, 0.2) is 0 Å². The van der Waals surface area contributed by atoms with E-state index in [1.54, 1.807) is 12.4 Å². The minimum atomic E-state index is -2.56. The van der Waals surface area contributed by atoms with Crippen LogP contribution in [-0.4, -0.2) is 58.5 Å². The van der Waals surface area contributed by atoms with Crippen molar-refractivity contribution in [3.05, 3.63) is 82.7 Å². The number of hydrogen-bond donors (Lipinski definition) is 1. The standard InChI is InChI=1S/C33H37F2N5O/c1-22-15-28(7-5-26(22)21-39-11-3-4-12-39)38-32(41)31-30-17-25(6-8-29(30)23(2)37-31)27-16-24(18-36-19-27)20-40-13-9-33(34,35)10-14-40/h5-8,15-19,23H,3-4,9-14,20-21H2,1-2H3,(H,38,41)/t23-/m0/s1. The number of piperidine rings is 1. The van der Waals surface area contributed by atoms with E-state index in [9.17, 15) is 13.6 Å². The predicted molar refractivity (Wildman–Crippen MR) is 158 cm³/mol. The molecule has 8 heteroatoms. The normalized spacial score (nSPS) is 20.6. The van der Waals surface area contributed by atoms with Crippen LogP contribution >= 0.6 is 0 Å². The maximum Gasteiger partial charge on any atom is 0.274 e. The van der Waals surface area contributed by atoms with Crippen molar-refractivity contribution in [2.24, 2.45) is 4.99 Å². The van der Waals surface area contributed by atoms with Crippen LogP contribution in [-0.2, 0) is 17.9 Å². The van der Waals surface area contributed by atoms with Crippen molar-refractivity contribution in [2.45, 2.75) is 64.6 Å². The fourth-order valence-electron chi connectivity index (χ4n) is 6.17. The second-order valence-electron chi connectivity index (χ2n) is 11.7. The number of nitrogens with one attached hydrogen (secondary N) is 1. The number of benzene rings is 2. The first-order valence-corrected chi connectivity index (χ1v) is 14.6. The Labute approximate surface area is 240 Å². The number of aryl methyl sites for hydroxylation is 1. The Bertz CT molecular complexity index is 1470. The molecule has 1 atom stereocenters. The molecule has 6 rings (SSSR count). The van der Waals surface area contributed by atoms with Crippen LogP contribution in [0.1, 0.15) is 66.5 Å². The first kappa shape index (κ1) is 27.7. The molecule has 41 heavy (non-hydrogen) atoms. The van der Waals surface area contributed by atoms with Crippen LogP contribution in [0.3, 0.4) is 0 Å². The summed E-state index contributed by atoms with van der Waals surface area (Å²) in [5.41, 5.74) is 8.38. The Morgan fingerprint density at radius 3 is 2.46 bits per heavy atom. The fourth-order valence-corrected chi connectivity index (χ4v) is 6.17. The molecule has 4 heterocycles. The summed E-state index contributed by atoms with van der Waals surface area (Å²) in [6, 6.07) is 14.2. The molecular weight excluding hydrogens is 520 g/mol. The zero-order valence-corrected chi connectivity index (χ0v) is 23.8. The number of amides is 1. The number of anilines is 1. The van der Waals surface area contributed by atoms with E-state index in [4.69, 9.17) is 4.99 Å². The molecule has 2 fully saturated rings. The maximum atomic E-state index is 13.6. The quantitative estimate of drug-likeness (QED) is 0.366. The molecule has 0 unspecified atom stereocenters. The van der Waals surface area contributed by atoms with Crippen LogP contribution in [0.15, 0.2) is 59.9 Å². The summed E-state index contributed by atoms with van der Waals surface area (Å²) in [7, 11) is 0. The van der Waals surface area contributed by atoms with E-state index in [2.05, 4.69) is 39.2 Å². The number of rotatable bonds is 7. The van der Waals surface area contributed by atoms with Gasteiger partial charge >= 0.3 is 0 Å². The van der Waals surface area contributed by atoms with Gasteiger partial charge in [-0.1, -0.05) is 18.2 Å². The lowest BCUT2D eigenvalue weighted by molar-refractivity contribution is -0.110.